The van der Waals surface area contributed by atoms with E-state index in [0.29, 0.717) is 11.7 Å². The number of hydrogen-bond donors (Lipinski definition) is 1. The van der Waals surface area contributed by atoms with Gasteiger partial charge in [0.05, 0.1) is 11.7 Å². The number of piperidine rings is 1. The highest BCUT2D eigenvalue weighted by Gasteiger charge is 2.33. The number of hydrogen-bond acceptors (Lipinski definition) is 4. The van der Waals surface area contributed by atoms with E-state index in [0.717, 1.165) is 57.4 Å². The third-order valence-electron chi connectivity index (χ3n) is 6.01. The average molecular weight is 404 g/mol. The Kier molecular flexibility index (Phi) is 6.73. The first-order valence-electron chi connectivity index (χ1n) is 10.1. The van der Waals surface area contributed by atoms with E-state index in [4.69, 9.17) is 0 Å². The summed E-state index contributed by atoms with van der Waals surface area (Å²) in [6.45, 7) is 6.90. The summed E-state index contributed by atoms with van der Waals surface area (Å²) in [7, 11) is 0. The summed E-state index contributed by atoms with van der Waals surface area (Å²) in [5.41, 5.74) is 4.00. The van der Waals surface area contributed by atoms with Gasteiger partial charge in [-0.05, 0) is 64.6 Å². The normalized spacial score (nSPS) is 20.2. The number of carbonyl (C=O) groups excluding carboxylic acids is 1. The molecule has 0 aliphatic carbocycles. The Morgan fingerprint density at radius 3 is 2.57 bits per heavy atom. The molecule has 2 fully saturated rings. The van der Waals surface area contributed by atoms with Gasteiger partial charge in [-0.25, -0.2) is 4.68 Å². The van der Waals surface area contributed by atoms with Gasteiger partial charge >= 0.3 is 0 Å². The zero-order chi connectivity index (χ0) is 18.8. The molecule has 1 aromatic carbocycles. The van der Waals surface area contributed by atoms with Crippen LogP contribution in [-0.2, 0) is 6.42 Å². The Bertz CT molecular complexity index is 798. The Morgan fingerprint density at radius 2 is 1.86 bits per heavy atom. The zero-order valence-corrected chi connectivity index (χ0v) is 17.5. The van der Waals surface area contributed by atoms with Crippen LogP contribution in [0.15, 0.2) is 24.3 Å². The number of halogens is 1. The Hall–Kier alpha value is -1.92. The van der Waals surface area contributed by atoms with E-state index in [1.807, 2.05) is 16.5 Å². The predicted molar refractivity (Wildman–Crippen MR) is 112 cm³/mol. The molecule has 152 valence electrons. The standard InChI is InChI=1S/C21H29N5O.ClH/c1-15-5-7-17(8-6-15)14-19-4-3-13-25(19)21(27)20-16(2)26(24-23-20)18-9-11-22-12-10-18;/h5-8,18-19,22H,3-4,9-14H2,1-2H3;1H. The van der Waals surface area contributed by atoms with E-state index in [9.17, 15) is 4.79 Å². The first-order chi connectivity index (χ1) is 13.1. The van der Waals surface area contributed by atoms with Crippen LogP contribution >= 0.6 is 12.4 Å². The summed E-state index contributed by atoms with van der Waals surface area (Å²) in [4.78, 5) is 15.2. The Morgan fingerprint density at radius 1 is 1.14 bits per heavy atom. The quantitative estimate of drug-likeness (QED) is 0.852. The van der Waals surface area contributed by atoms with Gasteiger partial charge in [0.25, 0.3) is 5.91 Å². The zero-order valence-electron chi connectivity index (χ0n) is 16.7. The molecule has 0 bridgehead atoms. The molecule has 3 heterocycles. The van der Waals surface area contributed by atoms with Crippen molar-refractivity contribution < 1.29 is 4.79 Å². The van der Waals surface area contributed by atoms with Crippen LogP contribution in [-0.4, -0.2) is 51.5 Å². The van der Waals surface area contributed by atoms with Crippen molar-refractivity contribution in [3.8, 4) is 0 Å². The number of rotatable bonds is 4. The number of likely N-dealkylation sites (tertiary alicyclic amines) is 1. The number of aryl methyl sites for hydroxylation is 1. The lowest BCUT2D eigenvalue weighted by Gasteiger charge is -2.25. The Balaban J connectivity index is 0.00000225. The number of aromatic nitrogens is 3. The van der Waals surface area contributed by atoms with E-state index in [2.05, 4.69) is 46.8 Å². The van der Waals surface area contributed by atoms with Gasteiger partial charge in [-0.15, -0.1) is 17.5 Å². The van der Waals surface area contributed by atoms with E-state index >= 15 is 0 Å². The SMILES string of the molecule is Cc1ccc(CC2CCCN2C(=O)c2nnn(C3CCNCC3)c2C)cc1.Cl. The van der Waals surface area contributed by atoms with Gasteiger partial charge in [-0.1, -0.05) is 35.0 Å². The second-order valence-corrected chi connectivity index (χ2v) is 7.93. The molecule has 2 aromatic rings. The molecule has 0 spiro atoms. The fourth-order valence-electron chi connectivity index (χ4n) is 4.38. The molecule has 28 heavy (non-hydrogen) atoms. The van der Waals surface area contributed by atoms with Crippen molar-refractivity contribution in [2.24, 2.45) is 0 Å². The smallest absolute Gasteiger partial charge is 0.276 e. The van der Waals surface area contributed by atoms with Crippen molar-refractivity contribution in [2.75, 3.05) is 19.6 Å². The number of amides is 1. The van der Waals surface area contributed by atoms with Gasteiger partial charge in [0.15, 0.2) is 5.69 Å². The first-order valence-corrected chi connectivity index (χ1v) is 10.1. The lowest BCUT2D eigenvalue weighted by atomic mass is 10.0. The van der Waals surface area contributed by atoms with Crippen LogP contribution in [0.25, 0.3) is 0 Å². The number of benzene rings is 1. The minimum absolute atomic E-state index is 0. The largest absolute Gasteiger partial charge is 0.334 e. The van der Waals surface area contributed by atoms with Gasteiger partial charge < -0.3 is 10.2 Å². The van der Waals surface area contributed by atoms with Crippen LogP contribution in [0.1, 0.15) is 59.0 Å². The highest BCUT2D eigenvalue weighted by atomic mass is 35.5. The molecular weight excluding hydrogens is 374 g/mol. The third kappa shape index (κ3) is 4.23. The predicted octanol–water partition coefficient (Wildman–Crippen LogP) is 3.09. The second kappa shape index (κ2) is 9.05. The van der Waals surface area contributed by atoms with Crippen molar-refractivity contribution in [1.82, 2.24) is 25.2 Å². The van der Waals surface area contributed by atoms with Crippen LogP contribution in [0, 0.1) is 13.8 Å². The molecule has 0 radical (unpaired) electrons. The highest BCUT2D eigenvalue weighted by molar-refractivity contribution is 5.93. The van der Waals surface area contributed by atoms with Crippen molar-refractivity contribution in [3.63, 3.8) is 0 Å². The molecular formula is C21H30ClN5O. The van der Waals surface area contributed by atoms with E-state index < -0.39 is 0 Å². The monoisotopic (exact) mass is 403 g/mol. The topological polar surface area (TPSA) is 63.1 Å². The van der Waals surface area contributed by atoms with Gasteiger partial charge in [-0.2, -0.15) is 0 Å². The molecule has 1 atom stereocenters. The maximum Gasteiger partial charge on any atom is 0.276 e. The lowest BCUT2D eigenvalue weighted by Crippen LogP contribution is -2.37. The second-order valence-electron chi connectivity index (χ2n) is 7.93. The molecule has 1 aromatic heterocycles. The van der Waals surface area contributed by atoms with Crippen LogP contribution in [0.5, 0.6) is 0 Å². The molecule has 1 N–H and O–H groups in total. The number of nitrogens with one attached hydrogen (secondary N) is 1. The summed E-state index contributed by atoms with van der Waals surface area (Å²) in [6, 6.07) is 9.24. The average Bonchev–Trinajstić information content (AvgIpc) is 3.30. The molecule has 4 rings (SSSR count). The van der Waals surface area contributed by atoms with Crippen LogP contribution in [0.4, 0.5) is 0 Å². The van der Waals surface area contributed by atoms with Crippen LogP contribution in [0.3, 0.4) is 0 Å². The van der Waals surface area contributed by atoms with Crippen molar-refractivity contribution in [3.05, 3.63) is 46.8 Å². The van der Waals surface area contributed by atoms with E-state index in [-0.39, 0.29) is 24.4 Å². The van der Waals surface area contributed by atoms with Gasteiger partial charge in [0, 0.05) is 12.6 Å². The maximum atomic E-state index is 13.2. The van der Waals surface area contributed by atoms with Gasteiger partial charge in [-0.3, -0.25) is 4.79 Å². The maximum absolute atomic E-state index is 13.2. The molecule has 2 aliphatic rings. The summed E-state index contributed by atoms with van der Waals surface area (Å²) in [6.07, 6.45) is 5.10. The van der Waals surface area contributed by atoms with Crippen molar-refractivity contribution >= 4 is 18.3 Å². The van der Waals surface area contributed by atoms with E-state index in [1.54, 1.807) is 0 Å². The summed E-state index contributed by atoms with van der Waals surface area (Å²) >= 11 is 0. The summed E-state index contributed by atoms with van der Waals surface area (Å²) in [5, 5.41) is 12.0. The Labute approximate surface area is 173 Å². The number of carbonyl (C=O) groups is 1. The first kappa shape index (κ1) is 20.8. The van der Waals surface area contributed by atoms with Crippen molar-refractivity contribution in [1.29, 1.82) is 0 Å². The van der Waals surface area contributed by atoms with Gasteiger partial charge in [0.2, 0.25) is 0 Å². The minimum atomic E-state index is 0. The third-order valence-corrected chi connectivity index (χ3v) is 6.01. The minimum Gasteiger partial charge on any atom is -0.334 e. The molecule has 0 saturated carbocycles. The highest BCUT2D eigenvalue weighted by Crippen LogP contribution is 2.25. The van der Waals surface area contributed by atoms with Gasteiger partial charge in [0.1, 0.15) is 0 Å². The number of nitrogens with zero attached hydrogens (tertiary/aromatic N) is 4. The van der Waals surface area contributed by atoms with Crippen LogP contribution < -0.4 is 5.32 Å². The fourth-order valence-corrected chi connectivity index (χ4v) is 4.38. The molecule has 1 amide bonds. The summed E-state index contributed by atoms with van der Waals surface area (Å²) in [5.74, 6) is 0.0438. The molecule has 6 nitrogen and oxygen atoms in total. The summed E-state index contributed by atoms with van der Waals surface area (Å²) < 4.78 is 1.97. The molecule has 7 heteroatoms. The van der Waals surface area contributed by atoms with Crippen LogP contribution in [0.2, 0.25) is 0 Å². The lowest BCUT2D eigenvalue weighted by molar-refractivity contribution is 0.0729. The molecule has 1 unspecified atom stereocenters. The molecule has 2 aliphatic heterocycles. The van der Waals surface area contributed by atoms with Crippen molar-refractivity contribution in [2.45, 2.75) is 58.0 Å². The molecule has 2 saturated heterocycles. The van der Waals surface area contributed by atoms with E-state index in [1.165, 1.54) is 11.1 Å². The fraction of sp³-hybridized carbons (Fsp3) is 0.571.